The summed E-state index contributed by atoms with van der Waals surface area (Å²) >= 11 is 17.8. The maximum absolute atomic E-state index is 12.8. The van der Waals surface area contributed by atoms with Gasteiger partial charge in [-0.2, -0.15) is 4.98 Å². The SMILES string of the molecule is COC(=O)c1cccc(COc2nc(Cl)cnc2NS(=O)(=O)c2cccc(Cl)c2Cl)c1. The van der Waals surface area contributed by atoms with Crippen molar-refractivity contribution in [2.24, 2.45) is 0 Å². The molecule has 0 aliphatic rings. The molecule has 3 aromatic rings. The smallest absolute Gasteiger partial charge is 0.337 e. The number of anilines is 1. The molecule has 0 aliphatic carbocycles. The van der Waals surface area contributed by atoms with Gasteiger partial charge in [0.05, 0.1) is 28.9 Å². The first kappa shape index (κ1) is 23.1. The summed E-state index contributed by atoms with van der Waals surface area (Å²) in [4.78, 5) is 19.4. The Morgan fingerprint density at radius 1 is 1.13 bits per heavy atom. The van der Waals surface area contributed by atoms with Crippen molar-refractivity contribution < 1.29 is 22.7 Å². The van der Waals surface area contributed by atoms with Crippen LogP contribution in [0.3, 0.4) is 0 Å². The second kappa shape index (κ2) is 9.69. The Kier molecular flexibility index (Phi) is 7.22. The average Bonchev–Trinajstić information content (AvgIpc) is 2.75. The highest BCUT2D eigenvalue weighted by Crippen LogP contribution is 2.31. The fourth-order valence-electron chi connectivity index (χ4n) is 2.45. The third-order valence-electron chi connectivity index (χ3n) is 3.87. The number of nitrogens with one attached hydrogen (secondary N) is 1. The highest BCUT2D eigenvalue weighted by atomic mass is 35.5. The van der Waals surface area contributed by atoms with Crippen LogP contribution in [-0.4, -0.2) is 31.5 Å². The summed E-state index contributed by atoms with van der Waals surface area (Å²) in [7, 11) is -2.88. The van der Waals surface area contributed by atoms with Crippen molar-refractivity contribution in [3.63, 3.8) is 0 Å². The lowest BCUT2D eigenvalue weighted by Gasteiger charge is -2.13. The number of hydrogen-bond acceptors (Lipinski definition) is 7. The maximum Gasteiger partial charge on any atom is 0.337 e. The number of sulfonamides is 1. The normalized spacial score (nSPS) is 11.1. The number of hydrogen-bond donors (Lipinski definition) is 1. The summed E-state index contributed by atoms with van der Waals surface area (Å²) < 4.78 is 38.1. The first-order chi connectivity index (χ1) is 14.7. The van der Waals surface area contributed by atoms with E-state index in [4.69, 9.17) is 39.5 Å². The molecule has 0 saturated carbocycles. The standard InChI is InChI=1S/C19H14Cl3N3O5S/c1-29-19(26)12-5-2-4-11(8-12)10-30-18-17(23-9-15(21)24-18)25-31(27,28)14-7-3-6-13(20)16(14)22/h2-9H,10H2,1H3,(H,23,25). The molecular formula is C19H14Cl3N3O5S. The topological polar surface area (TPSA) is 107 Å². The Bertz CT molecular complexity index is 1240. The van der Waals surface area contributed by atoms with E-state index in [0.717, 1.165) is 6.20 Å². The summed E-state index contributed by atoms with van der Waals surface area (Å²) in [5.41, 5.74) is 0.939. The third-order valence-corrected chi connectivity index (χ3v) is 6.37. The average molecular weight is 503 g/mol. The molecule has 8 nitrogen and oxygen atoms in total. The van der Waals surface area contributed by atoms with Crippen LogP contribution in [0.1, 0.15) is 15.9 Å². The van der Waals surface area contributed by atoms with Crippen molar-refractivity contribution in [2.45, 2.75) is 11.5 Å². The van der Waals surface area contributed by atoms with Crippen LogP contribution in [0.25, 0.3) is 0 Å². The van der Waals surface area contributed by atoms with Crippen molar-refractivity contribution in [1.82, 2.24) is 9.97 Å². The number of carbonyl (C=O) groups is 1. The van der Waals surface area contributed by atoms with E-state index in [2.05, 4.69) is 19.4 Å². The van der Waals surface area contributed by atoms with Crippen LogP contribution < -0.4 is 9.46 Å². The zero-order valence-corrected chi connectivity index (χ0v) is 18.9. The lowest BCUT2D eigenvalue weighted by molar-refractivity contribution is 0.0600. The summed E-state index contributed by atoms with van der Waals surface area (Å²) in [5, 5.41) is -0.0728. The van der Waals surface area contributed by atoms with Crippen LogP contribution >= 0.6 is 34.8 Å². The van der Waals surface area contributed by atoms with Gasteiger partial charge in [0.25, 0.3) is 15.9 Å². The Balaban J connectivity index is 1.86. The Hall–Kier alpha value is -2.59. The van der Waals surface area contributed by atoms with Crippen LogP contribution in [0, 0.1) is 0 Å². The molecule has 0 atom stereocenters. The van der Waals surface area contributed by atoms with Gasteiger partial charge in [-0.3, -0.25) is 4.72 Å². The zero-order valence-electron chi connectivity index (χ0n) is 15.8. The molecule has 31 heavy (non-hydrogen) atoms. The second-order valence-corrected chi connectivity index (χ2v) is 8.81. The minimum absolute atomic E-state index is 0.0120. The van der Waals surface area contributed by atoms with Crippen LogP contribution in [0.2, 0.25) is 15.2 Å². The molecule has 0 saturated heterocycles. The third kappa shape index (κ3) is 5.56. The molecule has 1 aromatic heterocycles. The second-order valence-electron chi connectivity index (χ2n) is 5.98. The molecule has 12 heteroatoms. The quantitative estimate of drug-likeness (QED) is 0.470. The van der Waals surface area contributed by atoms with Crippen molar-refractivity contribution in [2.75, 3.05) is 11.8 Å². The molecule has 162 valence electrons. The first-order valence-electron chi connectivity index (χ1n) is 8.50. The van der Waals surface area contributed by atoms with E-state index in [9.17, 15) is 13.2 Å². The fraction of sp³-hybridized carbons (Fsp3) is 0.105. The van der Waals surface area contributed by atoms with Crippen LogP contribution in [0.4, 0.5) is 5.82 Å². The van der Waals surface area contributed by atoms with E-state index in [-0.39, 0.29) is 38.4 Å². The predicted molar refractivity (Wildman–Crippen MR) is 116 cm³/mol. The number of rotatable bonds is 7. The summed E-state index contributed by atoms with van der Waals surface area (Å²) in [5.74, 6) is -0.876. The number of aromatic nitrogens is 2. The van der Waals surface area contributed by atoms with E-state index in [0.29, 0.717) is 11.1 Å². The van der Waals surface area contributed by atoms with Crippen molar-refractivity contribution in [1.29, 1.82) is 0 Å². The zero-order chi connectivity index (χ0) is 22.6. The number of halogens is 3. The molecule has 0 fully saturated rings. The van der Waals surface area contributed by atoms with Gasteiger partial charge in [0, 0.05) is 0 Å². The minimum Gasteiger partial charge on any atom is -0.470 e. The van der Waals surface area contributed by atoms with Crippen molar-refractivity contribution in [3.05, 3.63) is 75.0 Å². The van der Waals surface area contributed by atoms with Crippen molar-refractivity contribution >= 4 is 56.6 Å². The van der Waals surface area contributed by atoms with Gasteiger partial charge in [0.2, 0.25) is 5.82 Å². The molecule has 0 spiro atoms. The molecule has 0 unspecified atom stereocenters. The predicted octanol–water partition coefficient (Wildman–Crippen LogP) is 4.60. The molecule has 1 N–H and O–H groups in total. The van der Waals surface area contributed by atoms with Crippen LogP contribution in [0.15, 0.2) is 53.6 Å². The number of esters is 1. The van der Waals surface area contributed by atoms with Gasteiger partial charge in [0.1, 0.15) is 11.5 Å². The largest absolute Gasteiger partial charge is 0.470 e. The molecule has 1 heterocycles. The van der Waals surface area contributed by atoms with E-state index in [1.807, 2.05) is 0 Å². The summed E-state index contributed by atoms with van der Waals surface area (Å²) in [6.07, 6.45) is 1.16. The molecular weight excluding hydrogens is 489 g/mol. The molecule has 2 aromatic carbocycles. The van der Waals surface area contributed by atoms with Gasteiger partial charge in [0.15, 0.2) is 5.15 Å². The summed E-state index contributed by atoms with van der Waals surface area (Å²) in [6.45, 7) is -0.0491. The Morgan fingerprint density at radius 2 is 1.87 bits per heavy atom. The number of benzene rings is 2. The number of nitrogens with zero attached hydrogens (tertiary/aromatic N) is 2. The van der Waals surface area contributed by atoms with Crippen LogP contribution in [0.5, 0.6) is 5.88 Å². The van der Waals surface area contributed by atoms with Crippen molar-refractivity contribution in [3.8, 4) is 5.88 Å². The number of ether oxygens (including phenoxy) is 2. The molecule has 0 bridgehead atoms. The van der Waals surface area contributed by atoms with Gasteiger partial charge in [-0.1, -0.05) is 53.0 Å². The molecule has 0 amide bonds. The lowest BCUT2D eigenvalue weighted by atomic mass is 10.1. The van der Waals surface area contributed by atoms with Crippen LogP contribution in [-0.2, 0) is 21.4 Å². The maximum atomic E-state index is 12.8. The highest BCUT2D eigenvalue weighted by molar-refractivity contribution is 7.92. The Labute approximate surface area is 193 Å². The van der Waals surface area contributed by atoms with E-state index >= 15 is 0 Å². The summed E-state index contributed by atoms with van der Waals surface area (Å²) in [6, 6.07) is 10.7. The minimum atomic E-state index is -4.16. The van der Waals surface area contributed by atoms with Gasteiger partial charge >= 0.3 is 5.97 Å². The van der Waals surface area contributed by atoms with E-state index in [1.54, 1.807) is 24.3 Å². The number of methoxy groups -OCH3 is 1. The van der Waals surface area contributed by atoms with Gasteiger partial charge in [-0.25, -0.2) is 18.2 Å². The molecule has 0 radical (unpaired) electrons. The molecule has 3 rings (SSSR count). The van der Waals surface area contributed by atoms with Gasteiger partial charge < -0.3 is 9.47 Å². The van der Waals surface area contributed by atoms with Gasteiger partial charge in [-0.05, 0) is 29.8 Å². The number of carbonyl (C=O) groups excluding carboxylic acids is 1. The fourth-order valence-corrected chi connectivity index (χ4v) is 4.35. The molecule has 0 aliphatic heterocycles. The monoisotopic (exact) mass is 501 g/mol. The Morgan fingerprint density at radius 3 is 2.61 bits per heavy atom. The van der Waals surface area contributed by atoms with E-state index in [1.165, 1.54) is 25.3 Å². The highest BCUT2D eigenvalue weighted by Gasteiger charge is 2.23. The van der Waals surface area contributed by atoms with E-state index < -0.39 is 16.0 Å². The lowest BCUT2D eigenvalue weighted by Crippen LogP contribution is -2.16. The first-order valence-corrected chi connectivity index (χ1v) is 11.1. The van der Waals surface area contributed by atoms with Gasteiger partial charge in [-0.15, -0.1) is 0 Å².